The molecule has 1 heterocycles. The number of nitrogens with two attached hydrogens (primary N) is 1. The number of allylic oxidation sites excluding steroid dienone is 4. The Bertz CT molecular complexity index is 254. The number of nitrogens with one attached hydrogen (secondary N) is 1. The zero-order chi connectivity index (χ0) is 9.68. The standard InChI is InChI=1S/C10H16N2O/c1-2-8(11)6-7-9-4-3-5-10(13)12-9/h6-7H,2-5,11H2,1H3,(H,12,13)/b8-6+,9-7+. The van der Waals surface area contributed by atoms with E-state index in [1.807, 2.05) is 19.1 Å². The van der Waals surface area contributed by atoms with Gasteiger partial charge in [0.2, 0.25) is 5.91 Å². The van der Waals surface area contributed by atoms with Crippen molar-refractivity contribution in [1.82, 2.24) is 5.32 Å². The maximum absolute atomic E-state index is 11.0. The predicted molar refractivity (Wildman–Crippen MR) is 52.6 cm³/mol. The largest absolute Gasteiger partial charge is 0.402 e. The van der Waals surface area contributed by atoms with Gasteiger partial charge in [-0.15, -0.1) is 0 Å². The molecule has 1 aliphatic heterocycles. The minimum Gasteiger partial charge on any atom is -0.402 e. The van der Waals surface area contributed by atoms with Crippen LogP contribution in [-0.4, -0.2) is 5.91 Å². The molecule has 0 spiro atoms. The quantitative estimate of drug-likeness (QED) is 0.675. The average molecular weight is 180 g/mol. The summed E-state index contributed by atoms with van der Waals surface area (Å²) in [4.78, 5) is 11.0. The number of carbonyl (C=O) groups is 1. The third-order valence-electron chi connectivity index (χ3n) is 2.06. The van der Waals surface area contributed by atoms with Gasteiger partial charge in [-0.3, -0.25) is 4.79 Å². The lowest BCUT2D eigenvalue weighted by Gasteiger charge is -2.14. The molecule has 0 aromatic heterocycles. The van der Waals surface area contributed by atoms with Crippen molar-refractivity contribution in [3.05, 3.63) is 23.5 Å². The summed E-state index contributed by atoms with van der Waals surface area (Å²) in [7, 11) is 0. The van der Waals surface area contributed by atoms with Crippen LogP contribution in [0.3, 0.4) is 0 Å². The molecule has 1 saturated heterocycles. The third-order valence-corrected chi connectivity index (χ3v) is 2.06. The second-order valence-electron chi connectivity index (χ2n) is 3.19. The number of rotatable bonds is 2. The fraction of sp³-hybridized carbons (Fsp3) is 0.500. The van der Waals surface area contributed by atoms with E-state index in [-0.39, 0.29) is 5.91 Å². The van der Waals surface area contributed by atoms with Crippen LogP contribution in [0.4, 0.5) is 0 Å². The van der Waals surface area contributed by atoms with E-state index in [4.69, 9.17) is 5.73 Å². The van der Waals surface area contributed by atoms with Crippen LogP contribution in [0.15, 0.2) is 23.5 Å². The highest BCUT2D eigenvalue weighted by molar-refractivity contribution is 5.78. The second-order valence-corrected chi connectivity index (χ2v) is 3.19. The summed E-state index contributed by atoms with van der Waals surface area (Å²) < 4.78 is 0. The fourth-order valence-electron chi connectivity index (χ4n) is 1.19. The fourth-order valence-corrected chi connectivity index (χ4v) is 1.19. The van der Waals surface area contributed by atoms with Gasteiger partial charge < -0.3 is 11.1 Å². The third kappa shape index (κ3) is 3.32. The van der Waals surface area contributed by atoms with Crippen molar-refractivity contribution < 1.29 is 4.79 Å². The highest BCUT2D eigenvalue weighted by Crippen LogP contribution is 2.11. The molecule has 0 unspecified atom stereocenters. The molecule has 1 aliphatic rings. The van der Waals surface area contributed by atoms with Crippen molar-refractivity contribution in [3.8, 4) is 0 Å². The van der Waals surface area contributed by atoms with Crippen LogP contribution in [0.1, 0.15) is 32.6 Å². The maximum atomic E-state index is 11.0. The van der Waals surface area contributed by atoms with E-state index in [2.05, 4.69) is 5.32 Å². The Morgan fingerprint density at radius 1 is 1.62 bits per heavy atom. The van der Waals surface area contributed by atoms with Gasteiger partial charge in [-0.05, 0) is 31.4 Å². The van der Waals surface area contributed by atoms with Gasteiger partial charge in [0.25, 0.3) is 0 Å². The Balaban J connectivity index is 2.55. The Morgan fingerprint density at radius 2 is 2.38 bits per heavy atom. The van der Waals surface area contributed by atoms with Gasteiger partial charge in [-0.2, -0.15) is 0 Å². The van der Waals surface area contributed by atoms with Crippen LogP contribution < -0.4 is 11.1 Å². The molecule has 0 bridgehead atoms. The van der Waals surface area contributed by atoms with E-state index >= 15 is 0 Å². The van der Waals surface area contributed by atoms with Gasteiger partial charge in [0.1, 0.15) is 0 Å². The molecule has 0 radical (unpaired) electrons. The average Bonchev–Trinajstić information content (AvgIpc) is 2.14. The van der Waals surface area contributed by atoms with Crippen LogP contribution in [-0.2, 0) is 4.79 Å². The molecule has 3 N–H and O–H groups in total. The first-order valence-corrected chi connectivity index (χ1v) is 4.67. The van der Waals surface area contributed by atoms with Crippen LogP contribution in [0, 0.1) is 0 Å². The topological polar surface area (TPSA) is 55.1 Å². The lowest BCUT2D eigenvalue weighted by molar-refractivity contribution is -0.121. The van der Waals surface area contributed by atoms with E-state index in [0.29, 0.717) is 6.42 Å². The summed E-state index contributed by atoms with van der Waals surface area (Å²) in [5.74, 6) is 0.112. The summed E-state index contributed by atoms with van der Waals surface area (Å²) in [5.41, 5.74) is 7.45. The minimum atomic E-state index is 0.112. The smallest absolute Gasteiger partial charge is 0.224 e. The van der Waals surface area contributed by atoms with Crippen molar-refractivity contribution in [1.29, 1.82) is 0 Å². The van der Waals surface area contributed by atoms with Crippen molar-refractivity contribution in [2.75, 3.05) is 0 Å². The maximum Gasteiger partial charge on any atom is 0.224 e. The monoisotopic (exact) mass is 180 g/mol. The van der Waals surface area contributed by atoms with Gasteiger partial charge in [-0.1, -0.05) is 6.92 Å². The first-order chi connectivity index (χ1) is 6.22. The normalized spacial score (nSPS) is 21.8. The van der Waals surface area contributed by atoms with E-state index < -0.39 is 0 Å². The molecule has 3 heteroatoms. The molecular formula is C10H16N2O. The zero-order valence-electron chi connectivity index (χ0n) is 7.97. The van der Waals surface area contributed by atoms with Crippen LogP contribution in [0.2, 0.25) is 0 Å². The van der Waals surface area contributed by atoms with Gasteiger partial charge >= 0.3 is 0 Å². The molecule has 1 amide bonds. The van der Waals surface area contributed by atoms with Gasteiger partial charge in [-0.25, -0.2) is 0 Å². The van der Waals surface area contributed by atoms with Crippen LogP contribution >= 0.6 is 0 Å². The molecule has 0 saturated carbocycles. The molecule has 0 aliphatic carbocycles. The van der Waals surface area contributed by atoms with Crippen LogP contribution in [0.25, 0.3) is 0 Å². The predicted octanol–water partition coefficient (Wildman–Crippen LogP) is 1.42. The second kappa shape index (κ2) is 4.70. The molecule has 0 aromatic rings. The molecule has 72 valence electrons. The Morgan fingerprint density at radius 3 is 3.00 bits per heavy atom. The number of hydrogen-bond acceptors (Lipinski definition) is 2. The van der Waals surface area contributed by atoms with Crippen molar-refractivity contribution in [2.24, 2.45) is 5.73 Å². The van der Waals surface area contributed by atoms with Crippen molar-refractivity contribution in [3.63, 3.8) is 0 Å². The minimum absolute atomic E-state index is 0.112. The summed E-state index contributed by atoms with van der Waals surface area (Å²) in [6.45, 7) is 2.00. The highest BCUT2D eigenvalue weighted by atomic mass is 16.1. The van der Waals surface area contributed by atoms with Gasteiger partial charge in [0, 0.05) is 17.8 Å². The molecule has 0 aromatic carbocycles. The lowest BCUT2D eigenvalue weighted by Crippen LogP contribution is -2.26. The zero-order valence-corrected chi connectivity index (χ0v) is 7.97. The van der Waals surface area contributed by atoms with Gasteiger partial charge in [0.05, 0.1) is 0 Å². The highest BCUT2D eigenvalue weighted by Gasteiger charge is 2.10. The number of carbonyl (C=O) groups excluding carboxylic acids is 1. The van der Waals surface area contributed by atoms with E-state index in [0.717, 1.165) is 30.7 Å². The molecule has 13 heavy (non-hydrogen) atoms. The number of piperidine rings is 1. The Hall–Kier alpha value is -1.25. The molecule has 0 atom stereocenters. The Kier molecular flexibility index (Phi) is 3.55. The molecule has 1 rings (SSSR count). The van der Waals surface area contributed by atoms with Crippen LogP contribution in [0.5, 0.6) is 0 Å². The van der Waals surface area contributed by atoms with E-state index in [1.54, 1.807) is 0 Å². The summed E-state index contributed by atoms with van der Waals surface area (Å²) in [6.07, 6.45) is 7.13. The number of amides is 1. The van der Waals surface area contributed by atoms with Gasteiger partial charge in [0.15, 0.2) is 0 Å². The van der Waals surface area contributed by atoms with E-state index in [1.165, 1.54) is 0 Å². The lowest BCUT2D eigenvalue weighted by atomic mass is 10.1. The number of hydrogen-bond donors (Lipinski definition) is 2. The van der Waals surface area contributed by atoms with Crippen molar-refractivity contribution >= 4 is 5.91 Å². The molecular weight excluding hydrogens is 164 g/mol. The first kappa shape index (κ1) is 9.84. The first-order valence-electron chi connectivity index (χ1n) is 4.67. The molecule has 3 nitrogen and oxygen atoms in total. The summed E-state index contributed by atoms with van der Waals surface area (Å²) >= 11 is 0. The van der Waals surface area contributed by atoms with Crippen molar-refractivity contribution in [2.45, 2.75) is 32.6 Å². The summed E-state index contributed by atoms with van der Waals surface area (Å²) in [5, 5.41) is 2.82. The Labute approximate surface area is 78.7 Å². The SMILES string of the molecule is CC/C(N)=C\C=C1/CCCC(=O)N1. The molecule has 1 fully saturated rings. The summed E-state index contributed by atoms with van der Waals surface area (Å²) in [6, 6.07) is 0. The van der Waals surface area contributed by atoms with E-state index in [9.17, 15) is 4.79 Å².